The molecule has 2 aromatic carbocycles. The predicted octanol–water partition coefficient (Wildman–Crippen LogP) is 2.45. The van der Waals surface area contributed by atoms with Crippen LogP contribution in [0.3, 0.4) is 0 Å². The van der Waals surface area contributed by atoms with E-state index in [1.807, 2.05) is 30.5 Å². The SMILES string of the molecule is Cc1ccc(F)cc1NC(=O)N[C@H]1C[C@H]2C(=O)N[C@@H](Cc3c[nH]c4ccccc34)C(=O)N2C1. The highest BCUT2D eigenvalue weighted by Crippen LogP contribution is 2.26. The summed E-state index contributed by atoms with van der Waals surface area (Å²) in [5.74, 6) is -0.821. The van der Waals surface area contributed by atoms with E-state index in [-0.39, 0.29) is 24.4 Å². The molecule has 0 unspecified atom stereocenters. The number of hydrogen-bond donors (Lipinski definition) is 4. The molecule has 4 amide bonds. The Hall–Kier alpha value is -3.88. The van der Waals surface area contributed by atoms with Crippen molar-refractivity contribution in [3.8, 4) is 0 Å². The number of nitrogens with one attached hydrogen (secondary N) is 4. The lowest BCUT2D eigenvalue weighted by molar-refractivity contribution is -0.146. The summed E-state index contributed by atoms with van der Waals surface area (Å²) < 4.78 is 13.5. The normalized spacial score (nSPS) is 22.2. The van der Waals surface area contributed by atoms with Crippen molar-refractivity contribution in [2.75, 3.05) is 11.9 Å². The highest BCUT2D eigenvalue weighted by Gasteiger charge is 2.46. The number of aromatic amines is 1. The number of halogens is 1. The number of carbonyl (C=O) groups excluding carboxylic acids is 3. The van der Waals surface area contributed by atoms with Gasteiger partial charge in [0.15, 0.2) is 0 Å². The summed E-state index contributed by atoms with van der Waals surface area (Å²) in [6.45, 7) is 2.01. The van der Waals surface area contributed by atoms with Gasteiger partial charge < -0.3 is 25.8 Å². The Morgan fingerprint density at radius 3 is 2.88 bits per heavy atom. The molecule has 4 N–H and O–H groups in total. The average Bonchev–Trinajstić information content (AvgIpc) is 3.39. The fourth-order valence-electron chi connectivity index (χ4n) is 4.69. The number of benzene rings is 2. The van der Waals surface area contributed by atoms with Gasteiger partial charge in [-0.15, -0.1) is 0 Å². The number of amides is 4. The summed E-state index contributed by atoms with van der Waals surface area (Å²) in [5, 5.41) is 9.32. The second-order valence-corrected chi connectivity index (χ2v) is 8.62. The van der Waals surface area contributed by atoms with Gasteiger partial charge in [-0.3, -0.25) is 9.59 Å². The Labute approximate surface area is 189 Å². The maximum atomic E-state index is 13.5. The molecule has 9 heteroatoms. The van der Waals surface area contributed by atoms with Gasteiger partial charge in [0.25, 0.3) is 0 Å². The molecule has 2 aliphatic rings. The van der Waals surface area contributed by atoms with Crippen LogP contribution in [0, 0.1) is 12.7 Å². The molecule has 5 rings (SSSR count). The van der Waals surface area contributed by atoms with E-state index in [2.05, 4.69) is 20.9 Å². The highest BCUT2D eigenvalue weighted by atomic mass is 19.1. The number of piperazine rings is 1. The maximum absolute atomic E-state index is 13.5. The van der Waals surface area contributed by atoms with Gasteiger partial charge in [-0.2, -0.15) is 0 Å². The topological polar surface area (TPSA) is 106 Å². The Morgan fingerprint density at radius 2 is 2.03 bits per heavy atom. The molecular weight excluding hydrogens is 425 g/mol. The largest absolute Gasteiger partial charge is 0.361 e. The van der Waals surface area contributed by atoms with Crippen LogP contribution >= 0.6 is 0 Å². The molecule has 0 bridgehead atoms. The second-order valence-electron chi connectivity index (χ2n) is 8.62. The summed E-state index contributed by atoms with van der Waals surface area (Å²) >= 11 is 0. The van der Waals surface area contributed by atoms with Crippen molar-refractivity contribution in [2.45, 2.75) is 37.9 Å². The van der Waals surface area contributed by atoms with E-state index in [0.29, 0.717) is 18.5 Å². The van der Waals surface area contributed by atoms with Crippen LogP contribution < -0.4 is 16.0 Å². The number of urea groups is 1. The lowest BCUT2D eigenvalue weighted by Crippen LogP contribution is -2.61. The Bertz CT molecular complexity index is 1260. The number of hydrogen-bond acceptors (Lipinski definition) is 3. The molecule has 0 aliphatic carbocycles. The van der Waals surface area contributed by atoms with E-state index in [9.17, 15) is 18.8 Å². The Balaban J connectivity index is 1.25. The monoisotopic (exact) mass is 449 g/mol. The summed E-state index contributed by atoms with van der Waals surface area (Å²) in [6.07, 6.45) is 2.57. The van der Waals surface area contributed by atoms with E-state index in [4.69, 9.17) is 0 Å². The molecule has 0 saturated carbocycles. The van der Waals surface area contributed by atoms with Crippen molar-refractivity contribution < 1.29 is 18.8 Å². The molecular formula is C24H24FN5O3. The molecule has 1 aromatic heterocycles. The zero-order valence-corrected chi connectivity index (χ0v) is 18.0. The standard InChI is InChI=1S/C24H24FN5O3/c1-13-6-7-15(25)9-19(13)29-24(33)27-16-10-21-22(31)28-20(23(32)30(21)12-16)8-14-11-26-18-5-3-2-4-17(14)18/h2-7,9,11,16,20-21,26H,8,10,12H2,1H3,(H,28,31)(H2,27,29,33)/t16-,20-,21-/m0/s1. The van der Waals surface area contributed by atoms with Crippen LogP contribution in [0.1, 0.15) is 17.5 Å². The van der Waals surface area contributed by atoms with Gasteiger partial charge in [-0.05, 0) is 42.7 Å². The molecule has 33 heavy (non-hydrogen) atoms. The fourth-order valence-corrected chi connectivity index (χ4v) is 4.69. The smallest absolute Gasteiger partial charge is 0.319 e. The zero-order valence-electron chi connectivity index (χ0n) is 18.0. The van der Waals surface area contributed by atoms with Crippen molar-refractivity contribution >= 4 is 34.4 Å². The van der Waals surface area contributed by atoms with Crippen molar-refractivity contribution in [3.63, 3.8) is 0 Å². The van der Waals surface area contributed by atoms with Gasteiger partial charge in [-0.25, -0.2) is 9.18 Å². The van der Waals surface area contributed by atoms with Gasteiger partial charge in [0.2, 0.25) is 11.8 Å². The van der Waals surface area contributed by atoms with E-state index in [1.165, 1.54) is 12.1 Å². The fraction of sp³-hybridized carbons (Fsp3) is 0.292. The summed E-state index contributed by atoms with van der Waals surface area (Å²) in [6, 6.07) is 9.81. The average molecular weight is 449 g/mol. The molecule has 8 nitrogen and oxygen atoms in total. The highest BCUT2D eigenvalue weighted by molar-refractivity contribution is 5.98. The minimum Gasteiger partial charge on any atom is -0.361 e. The van der Waals surface area contributed by atoms with Gasteiger partial charge in [-0.1, -0.05) is 24.3 Å². The Kier molecular flexibility index (Phi) is 5.24. The van der Waals surface area contributed by atoms with Crippen LogP contribution in [0.2, 0.25) is 0 Å². The zero-order chi connectivity index (χ0) is 23.1. The first-order valence-corrected chi connectivity index (χ1v) is 10.9. The van der Waals surface area contributed by atoms with E-state index < -0.39 is 23.9 Å². The lowest BCUT2D eigenvalue weighted by Gasteiger charge is -2.34. The van der Waals surface area contributed by atoms with Crippen LogP contribution in [0.15, 0.2) is 48.7 Å². The third-order valence-electron chi connectivity index (χ3n) is 6.38. The molecule has 2 fully saturated rings. The van der Waals surface area contributed by atoms with Crippen molar-refractivity contribution in [3.05, 3.63) is 65.6 Å². The third-order valence-corrected chi connectivity index (χ3v) is 6.38. The number of anilines is 1. The van der Waals surface area contributed by atoms with Crippen LogP contribution in [-0.4, -0.2) is 52.4 Å². The molecule has 3 atom stereocenters. The predicted molar refractivity (Wildman–Crippen MR) is 121 cm³/mol. The minimum atomic E-state index is -0.657. The second kappa shape index (κ2) is 8.23. The van der Waals surface area contributed by atoms with Gasteiger partial charge in [0.1, 0.15) is 17.9 Å². The summed E-state index contributed by atoms with van der Waals surface area (Å²) in [4.78, 5) is 43.1. The summed E-state index contributed by atoms with van der Waals surface area (Å²) in [7, 11) is 0. The number of aromatic nitrogens is 1. The summed E-state index contributed by atoms with van der Waals surface area (Å²) in [5.41, 5.74) is 3.03. The van der Waals surface area contributed by atoms with Gasteiger partial charge in [0.05, 0.1) is 6.04 Å². The number of rotatable bonds is 4. The van der Waals surface area contributed by atoms with Crippen LogP contribution in [0.25, 0.3) is 10.9 Å². The minimum absolute atomic E-state index is 0.157. The number of H-pyrrole nitrogens is 1. The van der Waals surface area contributed by atoms with Crippen molar-refractivity contribution in [2.24, 2.45) is 0 Å². The number of para-hydroxylation sites is 1. The number of carbonyl (C=O) groups is 3. The van der Waals surface area contributed by atoms with E-state index in [1.54, 1.807) is 17.9 Å². The first-order valence-electron chi connectivity index (χ1n) is 10.9. The van der Waals surface area contributed by atoms with Crippen LogP contribution in [0.4, 0.5) is 14.9 Å². The van der Waals surface area contributed by atoms with E-state index >= 15 is 0 Å². The molecule has 3 aromatic rings. The molecule has 2 saturated heterocycles. The Morgan fingerprint density at radius 1 is 1.21 bits per heavy atom. The van der Waals surface area contributed by atoms with Crippen molar-refractivity contribution in [1.29, 1.82) is 0 Å². The molecule has 2 aliphatic heterocycles. The number of aryl methyl sites for hydroxylation is 1. The van der Waals surface area contributed by atoms with Crippen molar-refractivity contribution in [1.82, 2.24) is 20.5 Å². The number of nitrogens with zero attached hydrogens (tertiary/aromatic N) is 1. The first kappa shape index (κ1) is 21.0. The molecule has 0 spiro atoms. The van der Waals surface area contributed by atoms with Gasteiger partial charge in [0, 0.05) is 35.8 Å². The van der Waals surface area contributed by atoms with Crippen LogP contribution in [-0.2, 0) is 16.0 Å². The quantitative estimate of drug-likeness (QED) is 0.492. The van der Waals surface area contributed by atoms with E-state index in [0.717, 1.165) is 22.0 Å². The molecule has 170 valence electrons. The third kappa shape index (κ3) is 4.02. The first-order chi connectivity index (χ1) is 15.9. The maximum Gasteiger partial charge on any atom is 0.319 e. The number of fused-ring (bicyclic) bond motifs is 2. The molecule has 3 heterocycles. The lowest BCUT2D eigenvalue weighted by atomic mass is 10.0. The van der Waals surface area contributed by atoms with Gasteiger partial charge >= 0.3 is 6.03 Å². The molecule has 0 radical (unpaired) electrons. The van der Waals surface area contributed by atoms with Crippen LogP contribution in [0.5, 0.6) is 0 Å².